The van der Waals surface area contributed by atoms with Gasteiger partial charge in [-0.25, -0.2) is 8.78 Å². The minimum atomic E-state index is -0.777. The summed E-state index contributed by atoms with van der Waals surface area (Å²) in [6.07, 6.45) is 1.08. The SMILES string of the molecule is O=C(CN1CCC1)c1ccc(F)cc1F. The highest BCUT2D eigenvalue weighted by molar-refractivity contribution is 5.97. The molecule has 1 fully saturated rings. The predicted octanol–water partition coefficient (Wildman–Crippen LogP) is 1.85. The lowest BCUT2D eigenvalue weighted by Crippen LogP contribution is -2.40. The van der Waals surface area contributed by atoms with Gasteiger partial charge in [0.25, 0.3) is 0 Å². The van der Waals surface area contributed by atoms with E-state index in [1.807, 2.05) is 4.90 Å². The lowest BCUT2D eigenvalue weighted by atomic mass is 10.1. The summed E-state index contributed by atoms with van der Waals surface area (Å²) in [4.78, 5) is 13.5. The van der Waals surface area contributed by atoms with Crippen LogP contribution in [0, 0.1) is 11.6 Å². The van der Waals surface area contributed by atoms with E-state index in [-0.39, 0.29) is 17.9 Å². The Morgan fingerprint density at radius 2 is 2.07 bits per heavy atom. The molecule has 0 atom stereocenters. The Balaban J connectivity index is 2.10. The van der Waals surface area contributed by atoms with Crippen molar-refractivity contribution in [3.05, 3.63) is 35.4 Å². The van der Waals surface area contributed by atoms with Gasteiger partial charge in [0.1, 0.15) is 11.6 Å². The molecular weight excluding hydrogens is 200 g/mol. The molecular formula is C11H11F2NO. The fraction of sp³-hybridized carbons (Fsp3) is 0.364. The number of carbonyl (C=O) groups excluding carboxylic acids is 1. The zero-order chi connectivity index (χ0) is 10.8. The molecule has 0 radical (unpaired) electrons. The molecule has 2 nitrogen and oxygen atoms in total. The Hall–Kier alpha value is -1.29. The third-order valence-corrected chi connectivity index (χ3v) is 2.55. The Labute approximate surface area is 86.5 Å². The summed E-state index contributed by atoms with van der Waals surface area (Å²) < 4.78 is 25.8. The van der Waals surface area contributed by atoms with E-state index in [2.05, 4.69) is 0 Å². The second kappa shape index (κ2) is 4.06. The molecule has 4 heteroatoms. The minimum absolute atomic E-state index is 0.0247. The van der Waals surface area contributed by atoms with Crippen molar-refractivity contribution < 1.29 is 13.6 Å². The predicted molar refractivity (Wildman–Crippen MR) is 51.7 cm³/mol. The molecule has 2 rings (SSSR count). The molecule has 15 heavy (non-hydrogen) atoms. The topological polar surface area (TPSA) is 20.3 Å². The van der Waals surface area contributed by atoms with Crippen molar-refractivity contribution in [2.24, 2.45) is 0 Å². The third kappa shape index (κ3) is 2.21. The number of hydrogen-bond donors (Lipinski definition) is 0. The van der Waals surface area contributed by atoms with Crippen molar-refractivity contribution in [3.8, 4) is 0 Å². The largest absolute Gasteiger partial charge is 0.296 e. The molecule has 80 valence electrons. The van der Waals surface area contributed by atoms with E-state index in [1.54, 1.807) is 0 Å². The zero-order valence-electron chi connectivity index (χ0n) is 8.17. The Bertz CT molecular complexity index is 388. The number of hydrogen-bond acceptors (Lipinski definition) is 2. The monoisotopic (exact) mass is 211 g/mol. The van der Waals surface area contributed by atoms with Crippen molar-refractivity contribution in [3.63, 3.8) is 0 Å². The number of Topliss-reactive ketones (excluding diaryl/α,β-unsaturated/α-hetero) is 1. The maximum Gasteiger partial charge on any atom is 0.179 e. The number of benzene rings is 1. The van der Waals surface area contributed by atoms with Crippen LogP contribution in [-0.4, -0.2) is 30.3 Å². The first kappa shape index (κ1) is 10.2. The molecule has 1 aromatic carbocycles. The Morgan fingerprint density at radius 1 is 1.33 bits per heavy atom. The average molecular weight is 211 g/mol. The van der Waals surface area contributed by atoms with Crippen molar-refractivity contribution in [2.45, 2.75) is 6.42 Å². The van der Waals surface area contributed by atoms with Gasteiger partial charge in [0.2, 0.25) is 0 Å². The van der Waals surface area contributed by atoms with Gasteiger partial charge in [-0.05, 0) is 31.6 Å². The number of nitrogens with zero attached hydrogens (tertiary/aromatic N) is 1. The van der Waals surface area contributed by atoms with Crippen LogP contribution in [0.4, 0.5) is 8.78 Å². The summed E-state index contributed by atoms with van der Waals surface area (Å²) in [5, 5.41) is 0. The fourth-order valence-corrected chi connectivity index (χ4v) is 1.54. The molecule has 0 N–H and O–H groups in total. The van der Waals surface area contributed by atoms with E-state index in [1.165, 1.54) is 6.07 Å². The van der Waals surface area contributed by atoms with Crippen LogP contribution in [0.5, 0.6) is 0 Å². The van der Waals surface area contributed by atoms with Gasteiger partial charge >= 0.3 is 0 Å². The van der Waals surface area contributed by atoms with E-state index in [0.29, 0.717) is 0 Å². The van der Waals surface area contributed by atoms with Gasteiger partial charge in [0, 0.05) is 6.07 Å². The number of rotatable bonds is 3. The van der Waals surface area contributed by atoms with Gasteiger partial charge in [0.15, 0.2) is 5.78 Å². The van der Waals surface area contributed by atoms with E-state index in [9.17, 15) is 13.6 Å². The first-order chi connectivity index (χ1) is 7.16. The minimum Gasteiger partial charge on any atom is -0.296 e. The summed E-state index contributed by atoms with van der Waals surface area (Å²) in [6, 6.07) is 3.04. The van der Waals surface area contributed by atoms with E-state index in [0.717, 1.165) is 31.6 Å². The quantitative estimate of drug-likeness (QED) is 0.711. The molecule has 0 saturated carbocycles. The highest BCUT2D eigenvalue weighted by atomic mass is 19.1. The molecule has 1 aliphatic heterocycles. The number of halogens is 2. The van der Waals surface area contributed by atoms with Gasteiger partial charge in [0.05, 0.1) is 12.1 Å². The molecule has 0 unspecified atom stereocenters. The van der Waals surface area contributed by atoms with Crippen LogP contribution in [0.1, 0.15) is 16.8 Å². The molecule has 1 aromatic rings. The second-order valence-electron chi connectivity index (χ2n) is 3.68. The third-order valence-electron chi connectivity index (χ3n) is 2.55. The maximum absolute atomic E-state index is 13.2. The number of ketones is 1. The highest BCUT2D eigenvalue weighted by Crippen LogP contribution is 2.13. The first-order valence-corrected chi connectivity index (χ1v) is 4.87. The van der Waals surface area contributed by atoms with Crippen molar-refractivity contribution in [1.29, 1.82) is 0 Å². The van der Waals surface area contributed by atoms with Crippen molar-refractivity contribution >= 4 is 5.78 Å². The molecule has 0 spiro atoms. The summed E-state index contributed by atoms with van der Waals surface area (Å²) in [6.45, 7) is 1.99. The van der Waals surface area contributed by atoms with Crippen LogP contribution in [-0.2, 0) is 0 Å². The molecule has 1 aliphatic rings. The van der Waals surface area contributed by atoms with Gasteiger partial charge in [-0.1, -0.05) is 0 Å². The van der Waals surface area contributed by atoms with Crippen LogP contribution >= 0.6 is 0 Å². The van der Waals surface area contributed by atoms with Crippen molar-refractivity contribution in [1.82, 2.24) is 4.90 Å². The molecule has 0 amide bonds. The maximum atomic E-state index is 13.2. The number of carbonyl (C=O) groups is 1. The van der Waals surface area contributed by atoms with Crippen LogP contribution in [0.3, 0.4) is 0 Å². The summed E-state index contributed by atoms with van der Waals surface area (Å²) >= 11 is 0. The van der Waals surface area contributed by atoms with Gasteiger partial charge in [-0.2, -0.15) is 0 Å². The summed E-state index contributed by atoms with van der Waals surface area (Å²) in [5.41, 5.74) is -0.0247. The zero-order valence-corrected chi connectivity index (χ0v) is 8.17. The second-order valence-corrected chi connectivity index (χ2v) is 3.68. The van der Waals surface area contributed by atoms with E-state index in [4.69, 9.17) is 0 Å². The van der Waals surface area contributed by atoms with Gasteiger partial charge in [-0.3, -0.25) is 9.69 Å². The molecule has 0 aliphatic carbocycles. The molecule has 0 bridgehead atoms. The lowest BCUT2D eigenvalue weighted by molar-refractivity contribution is 0.0871. The number of likely N-dealkylation sites (tertiary alicyclic amines) is 1. The summed E-state index contributed by atoms with van der Waals surface area (Å²) in [5.74, 6) is -1.72. The smallest absolute Gasteiger partial charge is 0.179 e. The van der Waals surface area contributed by atoms with Crippen LogP contribution in [0.25, 0.3) is 0 Å². The van der Waals surface area contributed by atoms with Gasteiger partial charge < -0.3 is 0 Å². The molecule has 0 aromatic heterocycles. The fourth-order valence-electron chi connectivity index (χ4n) is 1.54. The Morgan fingerprint density at radius 3 is 2.60 bits per heavy atom. The van der Waals surface area contributed by atoms with Crippen LogP contribution < -0.4 is 0 Å². The van der Waals surface area contributed by atoms with E-state index < -0.39 is 11.6 Å². The molecule has 1 saturated heterocycles. The first-order valence-electron chi connectivity index (χ1n) is 4.87. The van der Waals surface area contributed by atoms with Gasteiger partial charge in [-0.15, -0.1) is 0 Å². The summed E-state index contributed by atoms with van der Waals surface area (Å²) in [7, 11) is 0. The standard InChI is InChI=1S/C11H11F2NO/c12-8-2-3-9(10(13)6-8)11(15)7-14-4-1-5-14/h2-3,6H,1,4-5,7H2. The van der Waals surface area contributed by atoms with E-state index >= 15 is 0 Å². The average Bonchev–Trinajstić information content (AvgIpc) is 2.11. The van der Waals surface area contributed by atoms with Crippen molar-refractivity contribution in [2.75, 3.05) is 19.6 Å². The molecule has 1 heterocycles. The highest BCUT2D eigenvalue weighted by Gasteiger charge is 2.20. The van der Waals surface area contributed by atoms with Crippen LogP contribution in [0.2, 0.25) is 0 Å². The van der Waals surface area contributed by atoms with Crippen LogP contribution in [0.15, 0.2) is 18.2 Å². The lowest BCUT2D eigenvalue weighted by Gasteiger charge is -2.29. The normalized spacial score (nSPS) is 16.1. The Kier molecular flexibility index (Phi) is 2.77.